The van der Waals surface area contributed by atoms with E-state index in [4.69, 9.17) is 12.2 Å². The number of nitro groups is 1. The summed E-state index contributed by atoms with van der Waals surface area (Å²) >= 11 is 7.99. The van der Waals surface area contributed by atoms with Crippen LogP contribution in [0.15, 0.2) is 40.6 Å². The standard InChI is InChI=1S/C18H15N3O5S3/c22-14-6-5-11(21(25)26)9-13(14)19-16(23)4-1-7-20-17(24)15(29-18(20)27)10-12-3-2-8-28-12/h2-3,5-6,8-10,22H,1,4,7H2,(H,19,23)/p-1/b15-10+. The molecule has 1 aliphatic heterocycles. The van der Waals surface area contributed by atoms with Crippen molar-refractivity contribution in [3.05, 3.63) is 55.6 Å². The molecule has 2 aromatic rings. The monoisotopic (exact) mass is 448 g/mol. The van der Waals surface area contributed by atoms with Gasteiger partial charge in [0.05, 0.1) is 9.83 Å². The SMILES string of the molecule is O=C(CCCN1C(=O)/C(=C\c2cccs2)SC1=S)Nc1cc([N+](=O)[O-])ccc1[O-]. The largest absolute Gasteiger partial charge is 0.871 e. The van der Waals surface area contributed by atoms with Gasteiger partial charge in [-0.15, -0.1) is 11.3 Å². The molecule has 0 unspecified atom stereocenters. The lowest BCUT2D eigenvalue weighted by molar-refractivity contribution is -0.385. The van der Waals surface area contributed by atoms with Crippen LogP contribution in [0.25, 0.3) is 6.08 Å². The number of non-ortho nitro benzene ring substituents is 1. The number of anilines is 1. The van der Waals surface area contributed by atoms with Crippen LogP contribution in [0.3, 0.4) is 0 Å². The fraction of sp³-hybridized carbons (Fsp3) is 0.167. The average Bonchev–Trinajstić information content (AvgIpc) is 3.27. The molecule has 11 heteroatoms. The molecule has 0 saturated carbocycles. The maximum Gasteiger partial charge on any atom is 0.271 e. The Kier molecular flexibility index (Phi) is 6.62. The minimum atomic E-state index is -0.645. The number of carbonyl (C=O) groups excluding carboxylic acids is 2. The van der Waals surface area contributed by atoms with E-state index < -0.39 is 16.6 Å². The van der Waals surface area contributed by atoms with Gasteiger partial charge >= 0.3 is 0 Å². The summed E-state index contributed by atoms with van der Waals surface area (Å²) in [5.74, 6) is -1.18. The van der Waals surface area contributed by atoms with E-state index in [9.17, 15) is 24.8 Å². The van der Waals surface area contributed by atoms with Gasteiger partial charge in [-0.1, -0.05) is 41.9 Å². The Morgan fingerprint density at radius 2 is 2.14 bits per heavy atom. The van der Waals surface area contributed by atoms with Crippen LogP contribution in [0.1, 0.15) is 17.7 Å². The minimum Gasteiger partial charge on any atom is -0.871 e. The number of rotatable bonds is 7. The molecule has 1 aliphatic rings. The molecule has 0 spiro atoms. The Balaban J connectivity index is 1.54. The first kappa shape index (κ1) is 21.0. The van der Waals surface area contributed by atoms with Crippen molar-refractivity contribution >= 4 is 68.9 Å². The highest BCUT2D eigenvalue weighted by molar-refractivity contribution is 8.26. The molecule has 0 atom stereocenters. The van der Waals surface area contributed by atoms with Crippen molar-refractivity contribution in [2.24, 2.45) is 0 Å². The summed E-state index contributed by atoms with van der Waals surface area (Å²) in [6.07, 6.45) is 2.14. The zero-order chi connectivity index (χ0) is 21.0. The zero-order valence-electron chi connectivity index (χ0n) is 14.8. The van der Waals surface area contributed by atoms with E-state index in [2.05, 4.69) is 5.32 Å². The van der Waals surface area contributed by atoms with Crippen LogP contribution < -0.4 is 10.4 Å². The van der Waals surface area contributed by atoms with E-state index in [-0.39, 0.29) is 30.2 Å². The molecule has 29 heavy (non-hydrogen) atoms. The molecule has 0 radical (unpaired) electrons. The highest BCUT2D eigenvalue weighted by Gasteiger charge is 2.31. The number of nitrogens with one attached hydrogen (secondary N) is 1. The second-order valence-electron chi connectivity index (χ2n) is 5.94. The topological polar surface area (TPSA) is 116 Å². The molecule has 2 heterocycles. The Morgan fingerprint density at radius 3 is 2.83 bits per heavy atom. The molecule has 8 nitrogen and oxygen atoms in total. The maximum absolute atomic E-state index is 12.5. The second-order valence-corrected chi connectivity index (χ2v) is 8.59. The van der Waals surface area contributed by atoms with Crippen molar-refractivity contribution in [3.8, 4) is 5.75 Å². The van der Waals surface area contributed by atoms with Crippen molar-refractivity contribution in [1.29, 1.82) is 0 Å². The number of thioether (sulfide) groups is 1. The third kappa shape index (κ3) is 5.19. The average molecular weight is 449 g/mol. The first-order chi connectivity index (χ1) is 13.8. The van der Waals surface area contributed by atoms with Gasteiger partial charge in [0.15, 0.2) is 0 Å². The van der Waals surface area contributed by atoms with E-state index in [1.165, 1.54) is 28.0 Å². The van der Waals surface area contributed by atoms with Gasteiger partial charge in [0, 0.05) is 35.7 Å². The number of thiocarbonyl (C=S) groups is 1. The van der Waals surface area contributed by atoms with E-state index in [1.54, 1.807) is 6.08 Å². The molecule has 1 fully saturated rings. The summed E-state index contributed by atoms with van der Waals surface area (Å²) in [5.41, 5.74) is -0.427. The number of thiophene rings is 1. The van der Waals surface area contributed by atoms with Crippen LogP contribution in [0, 0.1) is 10.1 Å². The molecular weight excluding hydrogens is 434 g/mol. The van der Waals surface area contributed by atoms with Gasteiger partial charge in [0.25, 0.3) is 11.6 Å². The molecule has 2 amide bonds. The summed E-state index contributed by atoms with van der Waals surface area (Å²) in [6.45, 7) is 0.263. The van der Waals surface area contributed by atoms with Crippen LogP contribution >= 0.6 is 35.3 Å². The normalized spacial score (nSPS) is 15.2. The lowest BCUT2D eigenvalue weighted by atomic mass is 10.2. The fourth-order valence-corrected chi connectivity index (χ4v) is 4.57. The van der Waals surface area contributed by atoms with Gasteiger partial charge in [0.2, 0.25) is 5.91 Å². The van der Waals surface area contributed by atoms with Gasteiger partial charge in [-0.2, -0.15) is 0 Å². The molecule has 1 N–H and O–H groups in total. The van der Waals surface area contributed by atoms with E-state index in [1.807, 2.05) is 17.5 Å². The fourth-order valence-electron chi connectivity index (χ4n) is 2.54. The summed E-state index contributed by atoms with van der Waals surface area (Å²) in [4.78, 5) is 37.7. The number of hydrogen-bond donors (Lipinski definition) is 1. The summed E-state index contributed by atoms with van der Waals surface area (Å²) in [6, 6.07) is 6.94. The number of carbonyl (C=O) groups is 2. The molecule has 1 aromatic heterocycles. The van der Waals surface area contributed by atoms with Gasteiger partial charge < -0.3 is 10.4 Å². The molecule has 150 valence electrons. The van der Waals surface area contributed by atoms with Crippen molar-refractivity contribution in [2.75, 3.05) is 11.9 Å². The maximum atomic E-state index is 12.5. The molecule has 1 saturated heterocycles. The lowest BCUT2D eigenvalue weighted by Gasteiger charge is -2.16. The van der Waals surface area contributed by atoms with Gasteiger partial charge in [0.1, 0.15) is 4.32 Å². The van der Waals surface area contributed by atoms with Gasteiger partial charge in [-0.25, -0.2) is 0 Å². The van der Waals surface area contributed by atoms with Gasteiger partial charge in [-0.05, 0) is 23.9 Å². The molecular formula is C18H14N3O5S3-. The van der Waals surface area contributed by atoms with Crippen LogP contribution in [0.2, 0.25) is 0 Å². The number of benzene rings is 1. The van der Waals surface area contributed by atoms with Crippen LogP contribution in [-0.2, 0) is 9.59 Å². The number of nitrogens with zero attached hydrogens (tertiary/aromatic N) is 2. The first-order valence-corrected chi connectivity index (χ1v) is 10.5. The van der Waals surface area contributed by atoms with E-state index in [0.29, 0.717) is 15.6 Å². The Hall–Kier alpha value is -2.76. The van der Waals surface area contributed by atoms with Gasteiger partial charge in [-0.3, -0.25) is 24.6 Å². The summed E-state index contributed by atoms with van der Waals surface area (Å²) in [5, 5.41) is 26.8. The minimum absolute atomic E-state index is 0.0309. The van der Waals surface area contributed by atoms with E-state index >= 15 is 0 Å². The zero-order valence-corrected chi connectivity index (χ0v) is 17.3. The highest BCUT2D eigenvalue weighted by atomic mass is 32.2. The smallest absolute Gasteiger partial charge is 0.271 e. The van der Waals surface area contributed by atoms with Crippen molar-refractivity contribution in [1.82, 2.24) is 4.90 Å². The Bertz CT molecular complexity index is 1000. The third-order valence-corrected chi connectivity index (χ3v) is 6.12. The predicted octanol–water partition coefficient (Wildman–Crippen LogP) is 3.35. The molecule has 3 rings (SSSR count). The molecule has 0 bridgehead atoms. The first-order valence-electron chi connectivity index (χ1n) is 8.39. The van der Waals surface area contributed by atoms with E-state index in [0.717, 1.165) is 23.1 Å². The molecule has 1 aromatic carbocycles. The molecule has 0 aliphatic carbocycles. The second kappa shape index (κ2) is 9.16. The van der Waals surface area contributed by atoms with Crippen molar-refractivity contribution < 1.29 is 19.6 Å². The Morgan fingerprint density at radius 1 is 1.34 bits per heavy atom. The quantitative estimate of drug-likeness (QED) is 0.299. The highest BCUT2D eigenvalue weighted by Crippen LogP contribution is 2.33. The van der Waals surface area contributed by atoms with Crippen molar-refractivity contribution in [2.45, 2.75) is 12.8 Å². The summed E-state index contributed by atoms with van der Waals surface area (Å²) in [7, 11) is 0. The van der Waals surface area contributed by atoms with Crippen LogP contribution in [0.4, 0.5) is 11.4 Å². The third-order valence-electron chi connectivity index (χ3n) is 3.92. The summed E-state index contributed by atoms with van der Waals surface area (Å²) < 4.78 is 0.429. The Labute approximate surface area is 179 Å². The van der Waals surface area contributed by atoms with Crippen molar-refractivity contribution in [3.63, 3.8) is 0 Å². The predicted molar refractivity (Wildman–Crippen MR) is 115 cm³/mol. The lowest BCUT2D eigenvalue weighted by Crippen LogP contribution is -2.29. The van der Waals surface area contributed by atoms with Crippen LogP contribution in [-0.4, -0.2) is 32.5 Å². The van der Waals surface area contributed by atoms with Crippen LogP contribution in [0.5, 0.6) is 5.75 Å². The number of hydrogen-bond acceptors (Lipinski definition) is 8. The number of amides is 2. The number of nitro benzene ring substituents is 1.